The lowest BCUT2D eigenvalue weighted by molar-refractivity contribution is 0.684. The Labute approximate surface area is 140 Å². The highest BCUT2D eigenvalue weighted by Gasteiger charge is 2.21. The second-order valence-corrected chi connectivity index (χ2v) is 8.09. The van der Waals surface area contributed by atoms with Crippen molar-refractivity contribution in [2.45, 2.75) is 19.6 Å². The van der Waals surface area contributed by atoms with Crippen LogP contribution in [0.1, 0.15) is 0 Å². The Bertz CT molecular complexity index is 1020. The Balaban J connectivity index is 1.99. The van der Waals surface area contributed by atoms with Crippen LogP contribution in [0.15, 0.2) is 92.4 Å². The third-order valence-electron chi connectivity index (χ3n) is 4.28. The van der Waals surface area contributed by atoms with Gasteiger partial charge in [-0.3, -0.25) is 0 Å². The van der Waals surface area contributed by atoms with Crippen LogP contribution in [0, 0.1) is 0 Å². The molecule has 0 spiro atoms. The molecule has 1 aliphatic rings. The minimum absolute atomic E-state index is 0.910. The largest absolute Gasteiger partial charge is 0.249 e. The SMILES string of the molecule is O=S1c2cccc3cccc(c23)Sc2cccc3cccc1c23. The first kappa shape index (κ1) is 13.3. The molecule has 0 atom stereocenters. The number of hydrogen-bond acceptors (Lipinski definition) is 2. The molecule has 0 amide bonds. The van der Waals surface area contributed by atoms with E-state index >= 15 is 0 Å². The summed E-state index contributed by atoms with van der Waals surface area (Å²) in [5, 5.41) is 4.52. The van der Waals surface area contributed by atoms with Gasteiger partial charge in [-0.15, -0.1) is 0 Å². The van der Waals surface area contributed by atoms with E-state index < -0.39 is 10.8 Å². The standard InChI is InChI=1S/C20H12OS2/c21-23-17-11-3-7-13-5-1-9-15(19(13)17)22-16-10-2-6-14-8-4-12-18(23)20(14)16/h1-12H. The maximum atomic E-state index is 13.4. The first-order chi connectivity index (χ1) is 11.3. The first-order valence-corrected chi connectivity index (χ1v) is 9.43. The highest BCUT2D eigenvalue weighted by molar-refractivity contribution is 8.00. The van der Waals surface area contributed by atoms with Crippen molar-refractivity contribution in [2.24, 2.45) is 0 Å². The Hall–Kier alpha value is -2.10. The molecule has 110 valence electrons. The zero-order valence-corrected chi connectivity index (χ0v) is 13.8. The first-order valence-electron chi connectivity index (χ1n) is 7.46. The lowest BCUT2D eigenvalue weighted by Gasteiger charge is -2.18. The molecule has 0 saturated heterocycles. The topological polar surface area (TPSA) is 17.1 Å². The predicted molar refractivity (Wildman–Crippen MR) is 96.7 cm³/mol. The molecule has 1 heterocycles. The van der Waals surface area contributed by atoms with Crippen molar-refractivity contribution in [2.75, 3.05) is 0 Å². The Morgan fingerprint density at radius 3 is 1.52 bits per heavy atom. The van der Waals surface area contributed by atoms with Crippen LogP contribution in [0.2, 0.25) is 0 Å². The van der Waals surface area contributed by atoms with E-state index in [1.54, 1.807) is 11.8 Å². The van der Waals surface area contributed by atoms with Gasteiger partial charge in [0.05, 0.1) is 20.6 Å². The minimum Gasteiger partial charge on any atom is -0.249 e. The van der Waals surface area contributed by atoms with Crippen LogP contribution in [0.5, 0.6) is 0 Å². The highest BCUT2D eigenvalue weighted by atomic mass is 32.2. The van der Waals surface area contributed by atoms with Gasteiger partial charge in [-0.25, -0.2) is 4.21 Å². The molecule has 0 saturated carbocycles. The van der Waals surface area contributed by atoms with Crippen molar-refractivity contribution < 1.29 is 4.21 Å². The van der Waals surface area contributed by atoms with E-state index in [9.17, 15) is 4.21 Å². The highest BCUT2D eigenvalue weighted by Crippen LogP contribution is 2.44. The van der Waals surface area contributed by atoms with Gasteiger partial charge in [-0.05, 0) is 35.0 Å². The minimum atomic E-state index is -1.18. The second kappa shape index (κ2) is 4.95. The quantitative estimate of drug-likeness (QED) is 0.366. The average molecular weight is 332 g/mol. The number of rotatable bonds is 0. The molecule has 0 bridgehead atoms. The predicted octanol–water partition coefficient (Wildman–Crippen LogP) is 5.62. The van der Waals surface area contributed by atoms with Crippen LogP contribution in [-0.4, -0.2) is 4.21 Å². The second-order valence-electron chi connectivity index (χ2n) is 5.59. The van der Waals surface area contributed by atoms with Crippen LogP contribution < -0.4 is 0 Å². The van der Waals surface area contributed by atoms with Crippen molar-refractivity contribution >= 4 is 44.1 Å². The van der Waals surface area contributed by atoms with Gasteiger partial charge in [0, 0.05) is 20.6 Å². The lowest BCUT2D eigenvalue weighted by atomic mass is 10.1. The van der Waals surface area contributed by atoms with Gasteiger partial charge >= 0.3 is 0 Å². The molecule has 5 rings (SSSR count). The summed E-state index contributed by atoms with van der Waals surface area (Å²) in [5.74, 6) is 0. The van der Waals surface area contributed by atoms with E-state index in [0.29, 0.717) is 0 Å². The van der Waals surface area contributed by atoms with E-state index in [1.165, 1.54) is 9.79 Å². The molecule has 0 radical (unpaired) electrons. The van der Waals surface area contributed by atoms with Gasteiger partial charge in [0.25, 0.3) is 0 Å². The summed E-state index contributed by atoms with van der Waals surface area (Å²) in [5.41, 5.74) is 0. The van der Waals surface area contributed by atoms with E-state index in [-0.39, 0.29) is 0 Å². The van der Waals surface area contributed by atoms with Crippen molar-refractivity contribution in [3.05, 3.63) is 72.8 Å². The zero-order valence-electron chi connectivity index (χ0n) is 12.2. The molecule has 23 heavy (non-hydrogen) atoms. The molecule has 0 aromatic heterocycles. The fourth-order valence-corrected chi connectivity index (χ4v) is 6.05. The van der Waals surface area contributed by atoms with Gasteiger partial charge in [0.1, 0.15) is 0 Å². The molecular weight excluding hydrogens is 320 g/mol. The van der Waals surface area contributed by atoms with Gasteiger partial charge in [-0.1, -0.05) is 60.3 Å². The average Bonchev–Trinajstić information content (AvgIpc) is 2.60. The molecule has 1 nitrogen and oxygen atoms in total. The molecular formula is C20H12OS2. The third kappa shape index (κ3) is 1.90. The molecule has 0 aliphatic carbocycles. The van der Waals surface area contributed by atoms with Gasteiger partial charge in [0.15, 0.2) is 0 Å². The zero-order chi connectivity index (χ0) is 15.4. The molecule has 1 aliphatic heterocycles. The van der Waals surface area contributed by atoms with E-state index in [1.807, 2.05) is 24.3 Å². The summed E-state index contributed by atoms with van der Waals surface area (Å²) in [7, 11) is -1.18. The summed E-state index contributed by atoms with van der Waals surface area (Å²) < 4.78 is 13.4. The van der Waals surface area contributed by atoms with Crippen LogP contribution in [0.3, 0.4) is 0 Å². The number of hydrogen-bond donors (Lipinski definition) is 0. The van der Waals surface area contributed by atoms with Gasteiger partial charge < -0.3 is 0 Å². The molecule has 4 aromatic rings. The monoisotopic (exact) mass is 332 g/mol. The van der Waals surface area contributed by atoms with Crippen molar-refractivity contribution in [1.82, 2.24) is 0 Å². The molecule has 0 N–H and O–H groups in total. The lowest BCUT2D eigenvalue weighted by Crippen LogP contribution is -1.99. The molecule has 0 unspecified atom stereocenters. The fraction of sp³-hybridized carbons (Fsp3) is 0. The van der Waals surface area contributed by atoms with Crippen LogP contribution in [0.25, 0.3) is 21.5 Å². The number of benzene rings is 4. The Morgan fingerprint density at radius 2 is 1.04 bits per heavy atom. The Kier molecular flexibility index (Phi) is 2.87. The van der Waals surface area contributed by atoms with E-state index in [4.69, 9.17) is 0 Å². The van der Waals surface area contributed by atoms with Crippen LogP contribution in [0.4, 0.5) is 0 Å². The van der Waals surface area contributed by atoms with E-state index in [2.05, 4.69) is 48.5 Å². The maximum Gasteiger partial charge on any atom is 0.0863 e. The van der Waals surface area contributed by atoms with E-state index in [0.717, 1.165) is 31.3 Å². The van der Waals surface area contributed by atoms with Crippen LogP contribution in [-0.2, 0) is 10.8 Å². The summed E-state index contributed by atoms with van der Waals surface area (Å²) in [6.07, 6.45) is 0. The molecule has 3 heteroatoms. The van der Waals surface area contributed by atoms with Crippen molar-refractivity contribution in [1.29, 1.82) is 0 Å². The fourth-order valence-electron chi connectivity index (χ4n) is 3.26. The van der Waals surface area contributed by atoms with Crippen molar-refractivity contribution in [3.63, 3.8) is 0 Å². The maximum absolute atomic E-state index is 13.4. The summed E-state index contributed by atoms with van der Waals surface area (Å²) in [6, 6.07) is 24.8. The van der Waals surface area contributed by atoms with Crippen LogP contribution >= 0.6 is 11.8 Å². The van der Waals surface area contributed by atoms with Crippen molar-refractivity contribution in [3.8, 4) is 0 Å². The van der Waals surface area contributed by atoms with Gasteiger partial charge in [-0.2, -0.15) is 0 Å². The third-order valence-corrected chi connectivity index (χ3v) is 6.88. The Morgan fingerprint density at radius 1 is 0.609 bits per heavy atom. The smallest absolute Gasteiger partial charge is 0.0863 e. The summed E-state index contributed by atoms with van der Waals surface area (Å²) in [4.78, 5) is 4.17. The summed E-state index contributed by atoms with van der Waals surface area (Å²) in [6.45, 7) is 0. The molecule has 4 aromatic carbocycles. The van der Waals surface area contributed by atoms with Gasteiger partial charge in [0.2, 0.25) is 0 Å². The summed E-state index contributed by atoms with van der Waals surface area (Å²) >= 11 is 1.77. The normalized spacial score (nSPS) is 13.9. The molecule has 0 fully saturated rings.